The summed E-state index contributed by atoms with van der Waals surface area (Å²) in [4.78, 5) is 18.6. The largest absolute Gasteiger partial charge is 0.396 e. The Morgan fingerprint density at radius 2 is 2.24 bits per heavy atom. The van der Waals surface area contributed by atoms with Crippen LogP contribution in [0, 0.1) is 0 Å². The number of amides is 2. The fourth-order valence-electron chi connectivity index (χ4n) is 2.53. The van der Waals surface area contributed by atoms with Crippen LogP contribution in [0.3, 0.4) is 0 Å². The standard InChI is InChI=1S/C15H24N4O2/c1-12(6-5-11-20)17-15(21)18-13-7-4-8-16-14(13)19-9-2-3-10-19/h4,7-8,12,20H,2-3,5-6,9-11H2,1H3,(H2,17,18,21). The number of aromatic nitrogens is 1. The molecular formula is C15H24N4O2. The van der Waals surface area contributed by atoms with E-state index in [1.807, 2.05) is 19.1 Å². The molecule has 0 radical (unpaired) electrons. The van der Waals surface area contributed by atoms with E-state index >= 15 is 0 Å². The molecule has 1 aromatic heterocycles. The normalized spacial score (nSPS) is 15.8. The maximum Gasteiger partial charge on any atom is 0.319 e. The van der Waals surface area contributed by atoms with Crippen molar-refractivity contribution in [1.82, 2.24) is 10.3 Å². The number of aliphatic hydroxyl groups excluding tert-OH is 1. The molecule has 0 spiro atoms. The highest BCUT2D eigenvalue weighted by Crippen LogP contribution is 2.25. The van der Waals surface area contributed by atoms with Crippen LogP contribution in [-0.4, -0.2) is 41.9 Å². The summed E-state index contributed by atoms with van der Waals surface area (Å²) in [6.45, 7) is 4.05. The van der Waals surface area contributed by atoms with Gasteiger partial charge < -0.3 is 20.6 Å². The summed E-state index contributed by atoms with van der Waals surface area (Å²) in [5.74, 6) is 0.841. The molecule has 2 rings (SSSR count). The van der Waals surface area contributed by atoms with Crippen LogP contribution in [0.25, 0.3) is 0 Å². The highest BCUT2D eigenvalue weighted by Gasteiger charge is 2.18. The fourth-order valence-corrected chi connectivity index (χ4v) is 2.53. The molecule has 0 aliphatic carbocycles. The molecule has 0 saturated carbocycles. The number of anilines is 2. The van der Waals surface area contributed by atoms with Gasteiger partial charge >= 0.3 is 6.03 Å². The molecule has 1 aliphatic rings. The Balaban J connectivity index is 1.94. The lowest BCUT2D eigenvalue weighted by molar-refractivity contribution is 0.245. The molecule has 3 N–H and O–H groups in total. The van der Waals surface area contributed by atoms with Gasteiger partial charge in [-0.2, -0.15) is 0 Å². The molecule has 1 saturated heterocycles. The summed E-state index contributed by atoms with van der Waals surface area (Å²) < 4.78 is 0. The van der Waals surface area contributed by atoms with E-state index in [4.69, 9.17) is 5.11 Å². The lowest BCUT2D eigenvalue weighted by atomic mass is 10.2. The first kappa shape index (κ1) is 15.6. The van der Waals surface area contributed by atoms with Crippen molar-refractivity contribution < 1.29 is 9.90 Å². The third kappa shape index (κ3) is 4.60. The van der Waals surface area contributed by atoms with Crippen LogP contribution in [0.4, 0.5) is 16.3 Å². The first-order chi connectivity index (χ1) is 10.2. The number of rotatable bonds is 6. The molecule has 1 fully saturated rings. The second kappa shape index (κ2) is 7.83. The lowest BCUT2D eigenvalue weighted by Gasteiger charge is -2.21. The van der Waals surface area contributed by atoms with Crippen molar-refractivity contribution in [1.29, 1.82) is 0 Å². The summed E-state index contributed by atoms with van der Waals surface area (Å²) in [5, 5.41) is 14.6. The van der Waals surface area contributed by atoms with Gasteiger partial charge in [0.25, 0.3) is 0 Å². The Morgan fingerprint density at radius 1 is 1.48 bits per heavy atom. The van der Waals surface area contributed by atoms with Gasteiger partial charge in [-0.1, -0.05) is 0 Å². The molecule has 1 aromatic rings. The number of carbonyl (C=O) groups excluding carboxylic acids is 1. The number of carbonyl (C=O) groups is 1. The van der Waals surface area contributed by atoms with Crippen molar-refractivity contribution in [2.45, 2.75) is 38.6 Å². The van der Waals surface area contributed by atoms with Gasteiger partial charge in [0, 0.05) is 31.9 Å². The SMILES string of the molecule is CC(CCCO)NC(=O)Nc1cccnc1N1CCCC1. The lowest BCUT2D eigenvalue weighted by Crippen LogP contribution is -2.36. The molecule has 1 atom stereocenters. The Kier molecular flexibility index (Phi) is 5.80. The van der Waals surface area contributed by atoms with Crippen LogP contribution in [0.15, 0.2) is 18.3 Å². The van der Waals surface area contributed by atoms with Crippen molar-refractivity contribution in [3.05, 3.63) is 18.3 Å². The van der Waals surface area contributed by atoms with Crippen molar-refractivity contribution >= 4 is 17.5 Å². The Hall–Kier alpha value is -1.82. The highest BCUT2D eigenvalue weighted by molar-refractivity contribution is 5.92. The molecular weight excluding hydrogens is 268 g/mol. The number of hydrogen-bond donors (Lipinski definition) is 3. The highest BCUT2D eigenvalue weighted by atomic mass is 16.3. The van der Waals surface area contributed by atoms with Gasteiger partial charge in [-0.25, -0.2) is 9.78 Å². The fraction of sp³-hybridized carbons (Fsp3) is 0.600. The van der Waals surface area contributed by atoms with E-state index < -0.39 is 0 Å². The summed E-state index contributed by atoms with van der Waals surface area (Å²) in [6, 6.07) is 3.50. The Labute approximate surface area is 125 Å². The molecule has 116 valence electrons. The van der Waals surface area contributed by atoms with Gasteiger partial charge in [0.2, 0.25) is 0 Å². The van der Waals surface area contributed by atoms with E-state index in [0.29, 0.717) is 6.42 Å². The number of hydrogen-bond acceptors (Lipinski definition) is 4. The summed E-state index contributed by atoms with van der Waals surface area (Å²) in [5.41, 5.74) is 0.742. The van der Waals surface area contributed by atoms with Gasteiger partial charge in [0.1, 0.15) is 0 Å². The summed E-state index contributed by atoms with van der Waals surface area (Å²) >= 11 is 0. The van der Waals surface area contributed by atoms with E-state index in [1.165, 1.54) is 12.8 Å². The molecule has 6 heteroatoms. The van der Waals surface area contributed by atoms with E-state index in [9.17, 15) is 4.79 Å². The van der Waals surface area contributed by atoms with Crippen molar-refractivity contribution in [2.24, 2.45) is 0 Å². The zero-order valence-electron chi connectivity index (χ0n) is 12.5. The third-order valence-electron chi connectivity index (χ3n) is 3.61. The number of nitrogens with one attached hydrogen (secondary N) is 2. The van der Waals surface area contributed by atoms with Gasteiger partial charge in [-0.3, -0.25) is 0 Å². The molecule has 21 heavy (non-hydrogen) atoms. The van der Waals surface area contributed by atoms with E-state index in [2.05, 4.69) is 20.5 Å². The van der Waals surface area contributed by atoms with E-state index in [-0.39, 0.29) is 18.7 Å². The smallest absolute Gasteiger partial charge is 0.319 e. The first-order valence-electron chi connectivity index (χ1n) is 7.59. The van der Waals surface area contributed by atoms with Gasteiger partial charge in [0.15, 0.2) is 5.82 Å². The van der Waals surface area contributed by atoms with Crippen LogP contribution in [0.1, 0.15) is 32.6 Å². The quantitative estimate of drug-likeness (QED) is 0.749. The van der Waals surface area contributed by atoms with Gasteiger partial charge in [-0.15, -0.1) is 0 Å². The first-order valence-corrected chi connectivity index (χ1v) is 7.59. The average Bonchev–Trinajstić information content (AvgIpc) is 2.99. The molecule has 6 nitrogen and oxygen atoms in total. The minimum Gasteiger partial charge on any atom is -0.396 e. The molecule has 0 bridgehead atoms. The predicted octanol–water partition coefficient (Wildman–Crippen LogP) is 1.96. The van der Waals surface area contributed by atoms with Crippen molar-refractivity contribution in [2.75, 3.05) is 29.9 Å². The predicted molar refractivity (Wildman–Crippen MR) is 83.6 cm³/mol. The number of nitrogens with zero attached hydrogens (tertiary/aromatic N) is 2. The minimum atomic E-state index is -0.228. The van der Waals surface area contributed by atoms with E-state index in [1.54, 1.807) is 6.20 Å². The van der Waals surface area contributed by atoms with Crippen LogP contribution < -0.4 is 15.5 Å². The summed E-state index contributed by atoms with van der Waals surface area (Å²) in [6.07, 6.45) is 5.53. The number of aliphatic hydroxyl groups is 1. The minimum absolute atomic E-state index is 0.0315. The molecule has 1 unspecified atom stereocenters. The zero-order chi connectivity index (χ0) is 15.1. The molecule has 2 heterocycles. The average molecular weight is 292 g/mol. The second-order valence-corrected chi connectivity index (χ2v) is 5.43. The van der Waals surface area contributed by atoms with Crippen LogP contribution in [0.5, 0.6) is 0 Å². The zero-order valence-corrected chi connectivity index (χ0v) is 12.5. The second-order valence-electron chi connectivity index (χ2n) is 5.43. The van der Waals surface area contributed by atoms with E-state index in [0.717, 1.165) is 31.0 Å². The molecule has 0 aromatic carbocycles. The summed E-state index contributed by atoms with van der Waals surface area (Å²) in [7, 11) is 0. The monoisotopic (exact) mass is 292 g/mol. The van der Waals surface area contributed by atoms with Gasteiger partial charge in [0.05, 0.1) is 5.69 Å². The van der Waals surface area contributed by atoms with Gasteiger partial charge in [-0.05, 0) is 44.7 Å². The number of urea groups is 1. The van der Waals surface area contributed by atoms with Crippen LogP contribution in [0.2, 0.25) is 0 Å². The van der Waals surface area contributed by atoms with Crippen molar-refractivity contribution in [3.8, 4) is 0 Å². The van der Waals surface area contributed by atoms with Crippen molar-refractivity contribution in [3.63, 3.8) is 0 Å². The topological polar surface area (TPSA) is 77.5 Å². The third-order valence-corrected chi connectivity index (χ3v) is 3.61. The van der Waals surface area contributed by atoms with Crippen LogP contribution >= 0.6 is 0 Å². The van der Waals surface area contributed by atoms with Crippen LogP contribution in [-0.2, 0) is 0 Å². The Morgan fingerprint density at radius 3 is 2.95 bits per heavy atom. The molecule has 1 aliphatic heterocycles. The maximum atomic E-state index is 12.0. The number of pyridine rings is 1. The Bertz CT molecular complexity index is 461. The molecule has 2 amide bonds. The maximum absolute atomic E-state index is 12.0.